The molecule has 1 aromatic heterocycles. The van der Waals surface area contributed by atoms with Gasteiger partial charge in [-0.15, -0.1) is 11.3 Å². The number of carbonyl (C=O) groups excluding carboxylic acids is 1. The molecule has 1 saturated heterocycles. The third-order valence-electron chi connectivity index (χ3n) is 3.09. The maximum absolute atomic E-state index is 11.9. The first-order valence-electron chi connectivity index (χ1n) is 6.53. The zero-order valence-corrected chi connectivity index (χ0v) is 12.1. The highest BCUT2D eigenvalue weighted by Crippen LogP contribution is 2.10. The van der Waals surface area contributed by atoms with Gasteiger partial charge in [-0.2, -0.15) is 0 Å². The van der Waals surface area contributed by atoms with Gasteiger partial charge in [-0.05, 0) is 13.6 Å². The molecule has 1 amide bonds. The average molecular weight is 283 g/mol. The Morgan fingerprint density at radius 2 is 2.21 bits per heavy atom. The number of hydrogen-bond acceptors (Lipinski definition) is 6. The van der Waals surface area contributed by atoms with Gasteiger partial charge < -0.3 is 10.6 Å². The molecule has 7 heteroatoms. The van der Waals surface area contributed by atoms with Crippen molar-refractivity contribution in [3.05, 3.63) is 16.1 Å². The summed E-state index contributed by atoms with van der Waals surface area (Å²) < 4.78 is 0. The number of nitrogens with two attached hydrogens (primary N) is 1. The van der Waals surface area contributed by atoms with Crippen molar-refractivity contribution in [1.29, 1.82) is 0 Å². The second-order valence-corrected chi connectivity index (χ2v) is 5.72. The summed E-state index contributed by atoms with van der Waals surface area (Å²) in [6.07, 6.45) is 1.12. The van der Waals surface area contributed by atoms with E-state index in [0.29, 0.717) is 13.0 Å². The smallest absolute Gasteiger partial charge is 0.240 e. The lowest BCUT2D eigenvalue weighted by atomic mass is 10.3. The highest BCUT2D eigenvalue weighted by Gasteiger charge is 2.16. The molecule has 0 aliphatic carbocycles. The van der Waals surface area contributed by atoms with Crippen molar-refractivity contribution >= 4 is 17.2 Å². The molecule has 1 aliphatic heterocycles. The molecule has 1 aliphatic rings. The largest absolute Gasteiger partial charge is 0.330 e. The van der Waals surface area contributed by atoms with Crippen molar-refractivity contribution in [2.45, 2.75) is 12.8 Å². The molecular formula is C12H21N5OS. The van der Waals surface area contributed by atoms with E-state index in [9.17, 15) is 4.79 Å². The quantitative estimate of drug-likeness (QED) is 0.759. The van der Waals surface area contributed by atoms with Gasteiger partial charge in [0.2, 0.25) is 5.91 Å². The lowest BCUT2D eigenvalue weighted by molar-refractivity contribution is -0.126. The number of thiazole rings is 1. The molecule has 2 rings (SSSR count). The van der Waals surface area contributed by atoms with E-state index in [-0.39, 0.29) is 5.91 Å². The predicted molar refractivity (Wildman–Crippen MR) is 75.8 cm³/mol. The number of rotatable bonds is 5. The standard InChI is InChI=1S/C12H21N5OS/c1-16-4-6-17(7-5-16)15-11(18)8-10-9-19-12(14-10)2-3-13/h9H,2-8,13H2,1H3,(H,15,18). The number of hydrazine groups is 1. The van der Waals surface area contributed by atoms with Crippen LogP contribution in [0, 0.1) is 0 Å². The summed E-state index contributed by atoms with van der Waals surface area (Å²) in [5.41, 5.74) is 9.25. The highest BCUT2D eigenvalue weighted by atomic mass is 32.1. The molecule has 2 heterocycles. The molecule has 0 saturated carbocycles. The number of aromatic nitrogens is 1. The molecule has 0 aromatic carbocycles. The SMILES string of the molecule is CN1CCN(NC(=O)Cc2csc(CCN)n2)CC1. The lowest BCUT2D eigenvalue weighted by Gasteiger charge is -2.32. The Balaban J connectivity index is 1.77. The van der Waals surface area contributed by atoms with Crippen LogP contribution in [0.3, 0.4) is 0 Å². The minimum Gasteiger partial charge on any atom is -0.330 e. The Morgan fingerprint density at radius 1 is 1.47 bits per heavy atom. The van der Waals surface area contributed by atoms with E-state index in [1.54, 1.807) is 11.3 Å². The Hall–Kier alpha value is -1.02. The first-order valence-corrected chi connectivity index (χ1v) is 7.41. The fraction of sp³-hybridized carbons (Fsp3) is 0.667. The zero-order valence-electron chi connectivity index (χ0n) is 11.3. The normalized spacial score (nSPS) is 17.6. The molecular weight excluding hydrogens is 262 g/mol. The van der Waals surface area contributed by atoms with Gasteiger partial charge >= 0.3 is 0 Å². The summed E-state index contributed by atoms with van der Waals surface area (Å²) >= 11 is 1.57. The van der Waals surface area contributed by atoms with Crippen LogP contribution in [0.1, 0.15) is 10.7 Å². The van der Waals surface area contributed by atoms with Crippen molar-refractivity contribution in [2.24, 2.45) is 5.73 Å². The van der Waals surface area contributed by atoms with Crippen LogP contribution in [-0.4, -0.2) is 60.6 Å². The van der Waals surface area contributed by atoms with E-state index in [2.05, 4.69) is 22.4 Å². The molecule has 3 N–H and O–H groups in total. The van der Waals surface area contributed by atoms with Crippen LogP contribution in [0.15, 0.2) is 5.38 Å². The van der Waals surface area contributed by atoms with Gasteiger partial charge in [0.1, 0.15) is 0 Å². The Labute approximate surface area is 117 Å². The molecule has 0 radical (unpaired) electrons. The van der Waals surface area contributed by atoms with E-state index in [1.165, 1.54) is 0 Å². The van der Waals surface area contributed by atoms with E-state index in [1.807, 2.05) is 10.4 Å². The van der Waals surface area contributed by atoms with Gasteiger partial charge in [-0.3, -0.25) is 10.2 Å². The van der Waals surface area contributed by atoms with Gasteiger partial charge in [0, 0.05) is 38.0 Å². The molecule has 106 valence electrons. The summed E-state index contributed by atoms with van der Waals surface area (Å²) in [7, 11) is 2.09. The molecule has 6 nitrogen and oxygen atoms in total. The lowest BCUT2D eigenvalue weighted by Crippen LogP contribution is -2.52. The van der Waals surface area contributed by atoms with Gasteiger partial charge in [-0.1, -0.05) is 0 Å². The van der Waals surface area contributed by atoms with Gasteiger partial charge in [0.05, 0.1) is 17.1 Å². The van der Waals surface area contributed by atoms with Gasteiger partial charge in [0.15, 0.2) is 0 Å². The topological polar surface area (TPSA) is 74.5 Å². The Bertz CT molecular complexity index is 414. The van der Waals surface area contributed by atoms with Crippen LogP contribution in [0.5, 0.6) is 0 Å². The monoisotopic (exact) mass is 283 g/mol. The molecule has 1 aromatic rings. The second-order valence-electron chi connectivity index (χ2n) is 4.77. The van der Waals surface area contributed by atoms with Gasteiger partial charge in [0.25, 0.3) is 0 Å². The number of nitrogens with zero attached hydrogens (tertiary/aromatic N) is 3. The van der Waals surface area contributed by atoms with E-state index >= 15 is 0 Å². The van der Waals surface area contributed by atoms with Crippen LogP contribution in [0.4, 0.5) is 0 Å². The molecule has 0 atom stereocenters. The number of likely N-dealkylation sites (N-methyl/N-ethyl adjacent to an activating group) is 1. The predicted octanol–water partition coefficient (Wildman–Crippen LogP) is -0.535. The van der Waals surface area contributed by atoms with E-state index in [4.69, 9.17) is 5.73 Å². The number of hydrogen-bond donors (Lipinski definition) is 2. The number of nitrogens with one attached hydrogen (secondary N) is 1. The van der Waals surface area contributed by atoms with Crippen molar-refractivity contribution in [1.82, 2.24) is 20.3 Å². The fourth-order valence-corrected chi connectivity index (χ4v) is 2.78. The minimum atomic E-state index is 0.00847. The van der Waals surface area contributed by atoms with Crippen molar-refractivity contribution < 1.29 is 4.79 Å². The highest BCUT2D eigenvalue weighted by molar-refractivity contribution is 7.09. The zero-order chi connectivity index (χ0) is 13.7. The van der Waals surface area contributed by atoms with Crippen molar-refractivity contribution in [3.63, 3.8) is 0 Å². The third kappa shape index (κ3) is 4.54. The average Bonchev–Trinajstić information content (AvgIpc) is 2.80. The maximum atomic E-state index is 11.9. The van der Waals surface area contributed by atoms with Crippen molar-refractivity contribution in [2.75, 3.05) is 39.8 Å². The first-order chi connectivity index (χ1) is 9.17. The number of carbonyl (C=O) groups is 1. The van der Waals surface area contributed by atoms with E-state index in [0.717, 1.165) is 43.3 Å². The second kappa shape index (κ2) is 6.95. The maximum Gasteiger partial charge on any atom is 0.240 e. The molecule has 1 fully saturated rings. The van der Waals surface area contributed by atoms with E-state index < -0.39 is 0 Å². The summed E-state index contributed by atoms with van der Waals surface area (Å²) in [6.45, 7) is 4.31. The Morgan fingerprint density at radius 3 is 2.89 bits per heavy atom. The van der Waals surface area contributed by atoms with Crippen molar-refractivity contribution in [3.8, 4) is 0 Å². The summed E-state index contributed by atoms with van der Waals surface area (Å²) in [6, 6.07) is 0. The number of amides is 1. The molecule has 0 spiro atoms. The van der Waals surface area contributed by atoms with Crippen LogP contribution >= 0.6 is 11.3 Å². The summed E-state index contributed by atoms with van der Waals surface area (Å²) in [4.78, 5) is 18.6. The Kier molecular flexibility index (Phi) is 5.26. The van der Waals surface area contributed by atoms with Crippen LogP contribution < -0.4 is 11.2 Å². The van der Waals surface area contributed by atoms with Gasteiger partial charge in [-0.25, -0.2) is 9.99 Å². The first kappa shape index (κ1) is 14.4. The van der Waals surface area contributed by atoms with Crippen LogP contribution in [0.25, 0.3) is 0 Å². The third-order valence-corrected chi connectivity index (χ3v) is 4.04. The summed E-state index contributed by atoms with van der Waals surface area (Å²) in [5.74, 6) is 0.00847. The molecule has 0 unspecified atom stereocenters. The minimum absolute atomic E-state index is 0.00847. The molecule has 0 bridgehead atoms. The summed E-state index contributed by atoms with van der Waals surface area (Å²) in [5, 5.41) is 4.93. The fourth-order valence-electron chi connectivity index (χ4n) is 1.97. The van der Waals surface area contributed by atoms with Crippen LogP contribution in [0.2, 0.25) is 0 Å². The molecule has 19 heavy (non-hydrogen) atoms. The number of piperazine rings is 1. The van der Waals surface area contributed by atoms with Crippen LogP contribution in [-0.2, 0) is 17.6 Å².